The van der Waals surface area contributed by atoms with Crippen LogP contribution in [-0.4, -0.2) is 32.0 Å². The summed E-state index contributed by atoms with van der Waals surface area (Å²) in [7, 11) is -2.92. The van der Waals surface area contributed by atoms with Crippen LogP contribution < -0.4 is 21.3 Å². The molecule has 0 saturated carbocycles. The lowest BCUT2D eigenvalue weighted by Crippen LogP contribution is -2.55. The van der Waals surface area contributed by atoms with Gasteiger partial charge in [0.1, 0.15) is 0 Å². The summed E-state index contributed by atoms with van der Waals surface area (Å²) in [6.07, 6.45) is 0. The molecule has 0 amide bonds. The average Bonchev–Trinajstić information content (AvgIpc) is 3.74. The predicted octanol–water partition coefficient (Wildman–Crippen LogP) is 14.2. The summed E-state index contributed by atoms with van der Waals surface area (Å²) in [6, 6.07) is 49.0. The molecule has 0 bridgehead atoms. The molecule has 0 radical (unpaired) electrons. The summed E-state index contributed by atoms with van der Waals surface area (Å²) in [5.41, 5.74) is 21.3. The fraction of sp³-hybridized carbons (Fsp3) is 0.300. The van der Waals surface area contributed by atoms with Crippen LogP contribution in [0.5, 0.6) is 0 Å². The maximum Gasteiger partial charge on any atom is 0.333 e. The highest BCUT2D eigenvalue weighted by Gasteiger charge is 2.43. The Morgan fingerprint density at radius 2 is 0.877 bits per heavy atom. The van der Waals surface area contributed by atoms with E-state index in [0.29, 0.717) is 0 Å². The van der Waals surface area contributed by atoms with Crippen molar-refractivity contribution in [1.29, 1.82) is 0 Å². The molecule has 0 atom stereocenters. The SMILES string of the molecule is CC(C)(C)c1cc2c3c(c1)-n1c4ccc(-c5ccc([Si](C)(C)C)cc5)cc4c4cc(-c5ccc([Si](C)(C)C)cc5)cc(c41)B3n1c3ccc(C(C)(C)C)cc3c3cc(C(C)(C)C)cc-2c31. The van der Waals surface area contributed by atoms with Gasteiger partial charge in [-0.1, -0.05) is 185 Å². The second-order valence-corrected chi connectivity index (χ2v) is 35.0. The van der Waals surface area contributed by atoms with Gasteiger partial charge in [-0.15, -0.1) is 0 Å². The topological polar surface area (TPSA) is 9.86 Å². The third-order valence-electron chi connectivity index (χ3n) is 15.1. The van der Waals surface area contributed by atoms with Gasteiger partial charge in [0.25, 0.3) is 0 Å². The Kier molecular flexibility index (Phi) is 8.85. The first-order valence-corrected chi connectivity index (χ1v) is 31.0. The number of hydrogen-bond acceptors (Lipinski definition) is 0. The van der Waals surface area contributed by atoms with Crippen LogP contribution in [-0.2, 0) is 16.2 Å². The fourth-order valence-corrected chi connectivity index (χ4v) is 13.4. The van der Waals surface area contributed by atoms with Crippen molar-refractivity contribution in [2.24, 2.45) is 0 Å². The van der Waals surface area contributed by atoms with Crippen LogP contribution >= 0.6 is 0 Å². The number of benzene rings is 7. The van der Waals surface area contributed by atoms with Gasteiger partial charge in [-0.2, -0.15) is 0 Å². The van der Waals surface area contributed by atoms with E-state index in [1.807, 2.05) is 0 Å². The van der Waals surface area contributed by atoms with E-state index < -0.39 is 16.1 Å². The van der Waals surface area contributed by atoms with E-state index in [1.54, 1.807) is 0 Å². The molecule has 0 fully saturated rings. The minimum Gasteiger partial charge on any atom is -0.375 e. The van der Waals surface area contributed by atoms with E-state index >= 15 is 0 Å². The Labute approximate surface area is 389 Å². The molecular weight excluding hydrogens is 816 g/mol. The maximum absolute atomic E-state index is 2.76. The zero-order valence-corrected chi connectivity index (χ0v) is 43.5. The van der Waals surface area contributed by atoms with Gasteiger partial charge in [-0.05, 0) is 120 Å². The van der Waals surface area contributed by atoms with Gasteiger partial charge in [0.2, 0.25) is 0 Å². The molecule has 326 valence electrons. The largest absolute Gasteiger partial charge is 0.375 e. The summed E-state index contributed by atoms with van der Waals surface area (Å²) in [5, 5.41) is 8.35. The normalized spacial score (nSPS) is 14.0. The quantitative estimate of drug-likeness (QED) is 0.156. The second kappa shape index (κ2) is 13.6. The van der Waals surface area contributed by atoms with Crippen LogP contribution in [0.25, 0.3) is 82.7 Å². The molecule has 0 aliphatic carbocycles. The van der Waals surface area contributed by atoms with Crippen molar-refractivity contribution in [3.05, 3.63) is 138 Å². The molecule has 0 N–H and O–H groups in total. The Balaban J connectivity index is 1.30. The van der Waals surface area contributed by atoms with Crippen molar-refractivity contribution >= 4 is 87.9 Å². The minimum absolute atomic E-state index is 0.0170. The fourth-order valence-electron chi connectivity index (χ4n) is 11.1. The summed E-state index contributed by atoms with van der Waals surface area (Å²) in [4.78, 5) is 0. The highest BCUT2D eigenvalue weighted by Crippen LogP contribution is 2.47. The van der Waals surface area contributed by atoms with E-state index in [-0.39, 0.29) is 23.1 Å². The van der Waals surface area contributed by atoms with Crippen molar-refractivity contribution in [3.8, 4) is 39.1 Å². The molecule has 9 aromatic rings. The lowest BCUT2D eigenvalue weighted by Gasteiger charge is -2.36. The highest BCUT2D eigenvalue weighted by atomic mass is 28.3. The second-order valence-electron chi connectivity index (χ2n) is 24.8. The van der Waals surface area contributed by atoms with Crippen LogP contribution in [0.2, 0.25) is 39.3 Å². The standard InChI is InChI=1S/C60H65BN2Si2/c1-58(2,3)40-21-27-53-46(31-40)49-33-41(59(4,5)6)34-50-47-32-42(60(7,8)9)35-54-55(47)61(63(53)56(49)50)51-30-39(37-18-24-44(25-19-37)65(13,14)15)29-48-45-28-38(20-26-52(45)62(54)57(48)51)36-16-22-43(23-17-36)64(10,11)12/h16-35H,1-15H3. The third kappa shape index (κ3) is 6.46. The third-order valence-corrected chi connectivity index (χ3v) is 19.2. The van der Waals surface area contributed by atoms with E-state index in [0.717, 1.165) is 0 Å². The van der Waals surface area contributed by atoms with Crippen molar-refractivity contribution in [2.45, 2.75) is 118 Å². The highest BCUT2D eigenvalue weighted by molar-refractivity contribution is 6.90. The van der Waals surface area contributed by atoms with Gasteiger partial charge in [0.05, 0.1) is 27.2 Å². The van der Waals surface area contributed by atoms with Gasteiger partial charge < -0.3 is 9.05 Å². The zero-order valence-electron chi connectivity index (χ0n) is 41.5. The Morgan fingerprint density at radius 1 is 0.400 bits per heavy atom. The van der Waals surface area contributed by atoms with Crippen molar-refractivity contribution < 1.29 is 0 Å². The lowest BCUT2D eigenvalue weighted by atomic mass is 9.45. The number of rotatable bonds is 4. The van der Waals surface area contributed by atoms with E-state index in [2.05, 4.69) is 232 Å². The summed E-state index contributed by atoms with van der Waals surface area (Å²) in [6.45, 7) is 35.9. The molecule has 0 unspecified atom stereocenters. The molecule has 0 spiro atoms. The Bertz CT molecular complexity index is 3470. The van der Waals surface area contributed by atoms with Crippen LogP contribution in [0.4, 0.5) is 0 Å². The zero-order chi connectivity index (χ0) is 46.1. The smallest absolute Gasteiger partial charge is 0.333 e. The summed E-state index contributed by atoms with van der Waals surface area (Å²) in [5.74, 6) is 0. The van der Waals surface area contributed by atoms with Crippen molar-refractivity contribution in [2.75, 3.05) is 0 Å². The molecule has 7 aromatic carbocycles. The minimum atomic E-state index is -1.48. The van der Waals surface area contributed by atoms with Crippen LogP contribution in [0, 0.1) is 0 Å². The summed E-state index contributed by atoms with van der Waals surface area (Å²) < 4.78 is 5.43. The van der Waals surface area contributed by atoms with Crippen LogP contribution in [0.15, 0.2) is 121 Å². The molecule has 5 heteroatoms. The Morgan fingerprint density at radius 3 is 1.46 bits per heavy atom. The number of hydrogen-bond donors (Lipinski definition) is 0. The van der Waals surface area contributed by atoms with Gasteiger partial charge in [0, 0.05) is 43.8 Å². The average molecular weight is 881 g/mol. The number of fused-ring (bicyclic) bond motifs is 10. The van der Waals surface area contributed by atoms with Crippen LogP contribution in [0.1, 0.15) is 79.0 Å². The molecule has 2 nitrogen and oxygen atoms in total. The molecule has 11 rings (SSSR count). The van der Waals surface area contributed by atoms with Gasteiger partial charge in [-0.3, -0.25) is 0 Å². The molecule has 0 saturated heterocycles. The van der Waals surface area contributed by atoms with E-state index in [9.17, 15) is 0 Å². The van der Waals surface area contributed by atoms with Crippen LogP contribution in [0.3, 0.4) is 0 Å². The molecule has 4 heterocycles. The molecule has 65 heavy (non-hydrogen) atoms. The van der Waals surface area contributed by atoms with Gasteiger partial charge >= 0.3 is 6.85 Å². The Hall–Kier alpha value is -5.36. The monoisotopic (exact) mass is 880 g/mol. The predicted molar refractivity (Wildman–Crippen MR) is 293 cm³/mol. The van der Waals surface area contributed by atoms with Gasteiger partial charge in [0.15, 0.2) is 0 Å². The number of nitrogens with zero attached hydrogens (tertiary/aromatic N) is 2. The first-order valence-electron chi connectivity index (χ1n) is 24.0. The van der Waals surface area contributed by atoms with Crippen molar-refractivity contribution in [1.82, 2.24) is 9.05 Å². The van der Waals surface area contributed by atoms with E-state index in [4.69, 9.17) is 0 Å². The number of aromatic nitrogens is 2. The summed E-state index contributed by atoms with van der Waals surface area (Å²) >= 11 is 0. The first-order chi connectivity index (χ1) is 30.4. The molecular formula is C60H65BN2Si2. The molecule has 2 aliphatic heterocycles. The first kappa shape index (κ1) is 42.3. The van der Waals surface area contributed by atoms with Crippen molar-refractivity contribution in [3.63, 3.8) is 0 Å². The maximum atomic E-state index is 2.76. The molecule has 2 aliphatic rings. The lowest BCUT2D eigenvalue weighted by molar-refractivity contribution is 0.589. The van der Waals surface area contributed by atoms with E-state index in [1.165, 1.54) is 121 Å². The molecule has 2 aromatic heterocycles. The van der Waals surface area contributed by atoms with Gasteiger partial charge in [-0.25, -0.2) is 0 Å².